The molecule has 1 unspecified atom stereocenters. The van der Waals surface area contributed by atoms with Gasteiger partial charge in [0, 0.05) is 6.54 Å². The summed E-state index contributed by atoms with van der Waals surface area (Å²) in [6, 6.07) is 0. The number of rotatable bonds is 5. The van der Waals surface area contributed by atoms with Crippen molar-refractivity contribution in [2.24, 2.45) is 0 Å². The van der Waals surface area contributed by atoms with Crippen LogP contribution >= 0.6 is 0 Å². The van der Waals surface area contributed by atoms with Gasteiger partial charge < -0.3 is 15.5 Å². The van der Waals surface area contributed by atoms with E-state index in [1.165, 1.54) is 25.9 Å². The fraction of sp³-hybridized carbons (Fsp3) is 0.923. The maximum absolute atomic E-state index is 12.0. The van der Waals surface area contributed by atoms with E-state index in [-0.39, 0.29) is 11.4 Å². The predicted molar refractivity (Wildman–Crippen MR) is 68.9 cm³/mol. The topological polar surface area (TPSA) is 44.4 Å². The van der Waals surface area contributed by atoms with E-state index in [1.54, 1.807) is 0 Å². The minimum absolute atomic E-state index is 0.177. The van der Waals surface area contributed by atoms with E-state index in [4.69, 9.17) is 0 Å². The standard InChI is InChI=1S/C13H25N3O/c1-13(6-4-8-15-13)12(17)14-7-5-11-16-9-2-3-10-16/h15H,2-11H2,1H3,(H,14,17). The van der Waals surface area contributed by atoms with Gasteiger partial charge in [0.1, 0.15) is 0 Å². The first-order valence-corrected chi connectivity index (χ1v) is 6.96. The first kappa shape index (κ1) is 12.8. The first-order chi connectivity index (χ1) is 8.21. The van der Waals surface area contributed by atoms with Gasteiger partial charge >= 0.3 is 0 Å². The van der Waals surface area contributed by atoms with Crippen LogP contribution in [-0.4, -0.2) is 49.1 Å². The summed E-state index contributed by atoms with van der Waals surface area (Å²) in [5, 5.41) is 6.35. The first-order valence-electron chi connectivity index (χ1n) is 6.96. The molecule has 0 saturated carbocycles. The zero-order valence-electron chi connectivity index (χ0n) is 10.9. The van der Waals surface area contributed by atoms with Crippen LogP contribution in [0.2, 0.25) is 0 Å². The summed E-state index contributed by atoms with van der Waals surface area (Å²) in [6.07, 6.45) is 5.83. The Kier molecular flexibility index (Phi) is 4.40. The SMILES string of the molecule is CC1(C(=O)NCCCN2CCCC2)CCCN1. The Morgan fingerprint density at radius 1 is 1.35 bits per heavy atom. The van der Waals surface area contributed by atoms with Gasteiger partial charge in [0.05, 0.1) is 5.54 Å². The molecular formula is C13H25N3O. The molecule has 0 bridgehead atoms. The van der Waals surface area contributed by atoms with Crippen molar-refractivity contribution in [3.63, 3.8) is 0 Å². The average molecular weight is 239 g/mol. The van der Waals surface area contributed by atoms with Gasteiger partial charge in [0.2, 0.25) is 5.91 Å². The maximum atomic E-state index is 12.0. The summed E-state index contributed by atoms with van der Waals surface area (Å²) in [4.78, 5) is 14.5. The third kappa shape index (κ3) is 3.42. The molecule has 1 atom stereocenters. The van der Waals surface area contributed by atoms with Crippen molar-refractivity contribution in [2.45, 2.75) is 44.6 Å². The molecule has 2 heterocycles. The molecule has 98 valence electrons. The third-order valence-corrected chi connectivity index (χ3v) is 4.01. The van der Waals surface area contributed by atoms with Crippen LogP contribution in [0, 0.1) is 0 Å². The monoisotopic (exact) mass is 239 g/mol. The van der Waals surface area contributed by atoms with Crippen LogP contribution in [-0.2, 0) is 4.79 Å². The Hall–Kier alpha value is -0.610. The fourth-order valence-corrected chi connectivity index (χ4v) is 2.79. The molecule has 0 aromatic heterocycles. The van der Waals surface area contributed by atoms with Crippen molar-refractivity contribution in [3.05, 3.63) is 0 Å². The van der Waals surface area contributed by atoms with E-state index in [0.29, 0.717) is 0 Å². The lowest BCUT2D eigenvalue weighted by molar-refractivity contribution is -0.126. The molecule has 4 heteroatoms. The zero-order chi connectivity index (χ0) is 12.1. The van der Waals surface area contributed by atoms with Gasteiger partial charge in [-0.25, -0.2) is 0 Å². The summed E-state index contributed by atoms with van der Waals surface area (Å²) in [5.74, 6) is 0.177. The lowest BCUT2D eigenvalue weighted by Crippen LogP contribution is -2.51. The van der Waals surface area contributed by atoms with Crippen molar-refractivity contribution in [2.75, 3.05) is 32.7 Å². The molecular weight excluding hydrogens is 214 g/mol. The van der Waals surface area contributed by atoms with E-state index in [1.807, 2.05) is 6.92 Å². The van der Waals surface area contributed by atoms with Crippen molar-refractivity contribution in [3.8, 4) is 0 Å². The molecule has 2 aliphatic rings. The fourth-order valence-electron chi connectivity index (χ4n) is 2.79. The Morgan fingerprint density at radius 2 is 2.12 bits per heavy atom. The van der Waals surface area contributed by atoms with E-state index >= 15 is 0 Å². The van der Waals surface area contributed by atoms with Gasteiger partial charge in [0.25, 0.3) is 0 Å². The highest BCUT2D eigenvalue weighted by atomic mass is 16.2. The number of nitrogens with one attached hydrogen (secondary N) is 2. The quantitative estimate of drug-likeness (QED) is 0.695. The van der Waals surface area contributed by atoms with Gasteiger partial charge in [-0.05, 0) is 65.2 Å². The van der Waals surface area contributed by atoms with Crippen LogP contribution in [0.1, 0.15) is 39.0 Å². The number of amides is 1. The predicted octanol–water partition coefficient (Wildman–Crippen LogP) is 0.731. The average Bonchev–Trinajstić information content (AvgIpc) is 2.96. The number of carbonyl (C=O) groups is 1. The molecule has 0 spiro atoms. The van der Waals surface area contributed by atoms with Crippen LogP contribution in [0.25, 0.3) is 0 Å². The molecule has 0 aliphatic carbocycles. The van der Waals surface area contributed by atoms with Crippen molar-refractivity contribution in [1.82, 2.24) is 15.5 Å². The molecule has 2 fully saturated rings. The second-order valence-electron chi connectivity index (χ2n) is 5.52. The highest BCUT2D eigenvalue weighted by Crippen LogP contribution is 2.18. The summed E-state index contributed by atoms with van der Waals surface area (Å²) >= 11 is 0. The molecule has 2 saturated heterocycles. The van der Waals surface area contributed by atoms with Crippen LogP contribution < -0.4 is 10.6 Å². The van der Waals surface area contributed by atoms with E-state index in [2.05, 4.69) is 15.5 Å². The Labute approximate surface area is 104 Å². The molecule has 4 nitrogen and oxygen atoms in total. The lowest BCUT2D eigenvalue weighted by Gasteiger charge is -2.23. The second-order valence-corrected chi connectivity index (χ2v) is 5.52. The van der Waals surface area contributed by atoms with Crippen molar-refractivity contribution in [1.29, 1.82) is 0 Å². The molecule has 0 aromatic carbocycles. The summed E-state index contributed by atoms with van der Waals surface area (Å²) < 4.78 is 0. The van der Waals surface area contributed by atoms with E-state index in [0.717, 1.165) is 38.9 Å². The van der Waals surface area contributed by atoms with Gasteiger partial charge in [0.15, 0.2) is 0 Å². The van der Waals surface area contributed by atoms with Crippen LogP contribution in [0.5, 0.6) is 0 Å². The minimum Gasteiger partial charge on any atom is -0.354 e. The largest absolute Gasteiger partial charge is 0.354 e. The number of nitrogens with zero attached hydrogens (tertiary/aromatic N) is 1. The molecule has 0 aromatic rings. The zero-order valence-corrected chi connectivity index (χ0v) is 10.9. The molecule has 2 rings (SSSR count). The summed E-state index contributed by atoms with van der Waals surface area (Å²) in [6.45, 7) is 7.41. The molecule has 0 radical (unpaired) electrons. The van der Waals surface area contributed by atoms with Crippen LogP contribution in [0.4, 0.5) is 0 Å². The minimum atomic E-state index is -0.312. The number of hydrogen-bond donors (Lipinski definition) is 2. The third-order valence-electron chi connectivity index (χ3n) is 4.01. The van der Waals surface area contributed by atoms with Crippen LogP contribution in [0.3, 0.4) is 0 Å². The highest BCUT2D eigenvalue weighted by molar-refractivity contribution is 5.86. The Balaban J connectivity index is 1.59. The van der Waals surface area contributed by atoms with Gasteiger partial charge in [-0.15, -0.1) is 0 Å². The van der Waals surface area contributed by atoms with Gasteiger partial charge in [-0.3, -0.25) is 4.79 Å². The smallest absolute Gasteiger partial charge is 0.240 e. The Bertz CT molecular complexity index is 255. The normalized spacial score (nSPS) is 29.7. The van der Waals surface area contributed by atoms with Gasteiger partial charge in [-0.1, -0.05) is 0 Å². The Morgan fingerprint density at radius 3 is 2.76 bits per heavy atom. The summed E-state index contributed by atoms with van der Waals surface area (Å²) in [7, 11) is 0. The van der Waals surface area contributed by atoms with Crippen molar-refractivity contribution >= 4 is 5.91 Å². The van der Waals surface area contributed by atoms with Crippen LogP contribution in [0.15, 0.2) is 0 Å². The molecule has 2 N–H and O–H groups in total. The number of hydrogen-bond acceptors (Lipinski definition) is 3. The molecule has 2 aliphatic heterocycles. The molecule has 1 amide bonds. The second kappa shape index (κ2) is 5.83. The van der Waals surface area contributed by atoms with Crippen molar-refractivity contribution < 1.29 is 4.79 Å². The number of likely N-dealkylation sites (tertiary alicyclic amines) is 1. The van der Waals surface area contributed by atoms with E-state index in [9.17, 15) is 4.79 Å². The summed E-state index contributed by atoms with van der Waals surface area (Å²) in [5.41, 5.74) is -0.312. The maximum Gasteiger partial charge on any atom is 0.240 e. The number of carbonyl (C=O) groups excluding carboxylic acids is 1. The van der Waals surface area contributed by atoms with Gasteiger partial charge in [-0.2, -0.15) is 0 Å². The van der Waals surface area contributed by atoms with E-state index < -0.39 is 0 Å². The lowest BCUT2D eigenvalue weighted by atomic mass is 9.99. The molecule has 17 heavy (non-hydrogen) atoms. The highest BCUT2D eigenvalue weighted by Gasteiger charge is 2.35.